The first kappa shape index (κ1) is 20.7. The highest BCUT2D eigenvalue weighted by Crippen LogP contribution is 2.48. The van der Waals surface area contributed by atoms with Crippen molar-refractivity contribution in [2.75, 3.05) is 19.0 Å². The van der Waals surface area contributed by atoms with Crippen LogP contribution in [0.3, 0.4) is 0 Å². The third-order valence-electron chi connectivity index (χ3n) is 5.75. The molecule has 0 aliphatic heterocycles. The highest BCUT2D eigenvalue weighted by atomic mass is 32.2. The van der Waals surface area contributed by atoms with Gasteiger partial charge in [-0.15, -0.1) is 0 Å². The van der Waals surface area contributed by atoms with E-state index in [1.54, 1.807) is 12.1 Å². The second kappa shape index (κ2) is 8.37. The molecule has 1 amide bonds. The number of benzene rings is 3. The van der Waals surface area contributed by atoms with Crippen LogP contribution in [0.2, 0.25) is 0 Å². The number of hydrogen-bond donors (Lipinski definition) is 1. The molecule has 4 aromatic rings. The molecule has 5 rings (SSSR count). The van der Waals surface area contributed by atoms with Gasteiger partial charge in [0.25, 0.3) is 0 Å². The number of carbonyl (C=O) groups is 1. The minimum absolute atomic E-state index is 0.170. The molecule has 0 radical (unpaired) electrons. The Kier molecular flexibility index (Phi) is 5.41. The number of carbonyl (C=O) groups excluding carboxylic acids is 1. The summed E-state index contributed by atoms with van der Waals surface area (Å²) in [6, 6.07) is 22.9. The van der Waals surface area contributed by atoms with Gasteiger partial charge in [-0.2, -0.15) is 4.72 Å². The third kappa shape index (κ3) is 3.87. The normalized spacial score (nSPS) is 14.3. The summed E-state index contributed by atoms with van der Waals surface area (Å²) in [7, 11) is 4.02. The Labute approximate surface area is 190 Å². The molecule has 1 N–H and O–H groups in total. The molecule has 1 saturated carbocycles. The maximum atomic E-state index is 13.1. The zero-order chi connectivity index (χ0) is 22.2. The Morgan fingerprint density at radius 1 is 1.03 bits per heavy atom. The summed E-state index contributed by atoms with van der Waals surface area (Å²) in [5, 5.41) is 0.887. The number of rotatable bonds is 6. The van der Waals surface area contributed by atoms with E-state index in [1.165, 1.54) is 0 Å². The smallest absolute Gasteiger partial charge is 0.328 e. The van der Waals surface area contributed by atoms with E-state index in [9.17, 15) is 9.35 Å². The Balaban J connectivity index is 1.44. The standard InChI is InChI=1S/C26H24N2O3S/c1-28(2)21-15-14-19-16-22(31-25(19)24(21)18-12-13-18)26(29)27-32(30)23-11-7-6-10-20(23)17-8-4-3-5-9-17/h3-11,14-16,18H,12-13H2,1-2H3,(H,27,29). The van der Waals surface area contributed by atoms with Gasteiger partial charge in [0.15, 0.2) is 10.7 Å². The zero-order valence-corrected chi connectivity index (χ0v) is 18.8. The molecular weight excluding hydrogens is 420 g/mol. The number of nitrogens with one attached hydrogen (secondary N) is 1. The van der Waals surface area contributed by atoms with E-state index in [-0.39, 0.29) is 5.76 Å². The predicted octanol–water partition coefficient (Wildman–Crippen LogP) is 5.50. The van der Waals surface area contributed by atoms with Crippen LogP contribution in [-0.2, 0) is 11.4 Å². The lowest BCUT2D eigenvalue weighted by Crippen LogP contribution is -2.30. The van der Waals surface area contributed by atoms with Gasteiger partial charge in [-0.25, -0.2) is 0 Å². The van der Waals surface area contributed by atoms with Crippen LogP contribution < -0.4 is 9.62 Å². The molecular formula is C26H24N2O3S. The van der Waals surface area contributed by atoms with Gasteiger partial charge in [-0.05, 0) is 54.7 Å². The number of furan rings is 1. The van der Waals surface area contributed by atoms with Crippen molar-refractivity contribution in [3.63, 3.8) is 0 Å². The van der Waals surface area contributed by atoms with E-state index in [4.69, 9.17) is 4.42 Å². The van der Waals surface area contributed by atoms with E-state index in [0.29, 0.717) is 10.8 Å². The Hall–Kier alpha value is -3.22. The lowest BCUT2D eigenvalue weighted by atomic mass is 10.0. The van der Waals surface area contributed by atoms with Gasteiger partial charge in [-0.3, -0.25) is 4.79 Å². The molecule has 1 fully saturated rings. The summed E-state index contributed by atoms with van der Waals surface area (Å²) in [5.74, 6) is 0.143. The van der Waals surface area contributed by atoms with Crippen LogP contribution in [0.25, 0.3) is 22.1 Å². The van der Waals surface area contributed by atoms with Crippen LogP contribution in [0.15, 0.2) is 82.1 Å². The molecule has 32 heavy (non-hydrogen) atoms. The summed E-state index contributed by atoms with van der Waals surface area (Å²) in [6.45, 7) is 0. The van der Waals surface area contributed by atoms with Crippen LogP contribution >= 0.6 is 0 Å². The van der Waals surface area contributed by atoms with Gasteiger partial charge in [-0.1, -0.05) is 42.5 Å². The fourth-order valence-electron chi connectivity index (χ4n) is 4.06. The van der Waals surface area contributed by atoms with Gasteiger partial charge in [0.1, 0.15) is 16.9 Å². The van der Waals surface area contributed by atoms with Gasteiger partial charge in [0.05, 0.1) is 0 Å². The van der Waals surface area contributed by atoms with Crippen molar-refractivity contribution < 1.29 is 13.8 Å². The van der Waals surface area contributed by atoms with Crippen LogP contribution in [0, 0.1) is 0 Å². The molecule has 0 bridgehead atoms. The van der Waals surface area contributed by atoms with Crippen molar-refractivity contribution in [2.24, 2.45) is 0 Å². The SMILES string of the molecule is CN(C)c1ccc2cc(C(=O)N[S+]([O-])c3ccccc3-c3ccccc3)oc2c1C1CC1. The highest BCUT2D eigenvalue weighted by molar-refractivity contribution is 7.90. The van der Waals surface area contributed by atoms with Crippen molar-refractivity contribution in [3.8, 4) is 11.1 Å². The van der Waals surface area contributed by atoms with E-state index in [2.05, 4.69) is 15.7 Å². The fraction of sp³-hybridized carbons (Fsp3) is 0.192. The summed E-state index contributed by atoms with van der Waals surface area (Å²) in [6.07, 6.45) is 2.25. The van der Waals surface area contributed by atoms with Crippen molar-refractivity contribution in [3.05, 3.63) is 84.1 Å². The Morgan fingerprint density at radius 3 is 2.47 bits per heavy atom. The van der Waals surface area contributed by atoms with Crippen LogP contribution in [0.4, 0.5) is 5.69 Å². The Bertz CT molecular complexity index is 1280. The molecule has 162 valence electrons. The predicted molar refractivity (Wildman–Crippen MR) is 128 cm³/mol. The highest BCUT2D eigenvalue weighted by Gasteiger charge is 2.31. The second-order valence-corrected chi connectivity index (χ2v) is 9.44. The van der Waals surface area contributed by atoms with Crippen molar-refractivity contribution in [1.29, 1.82) is 0 Å². The average Bonchev–Trinajstić information content (AvgIpc) is 3.55. The molecule has 1 aliphatic rings. The Morgan fingerprint density at radius 2 is 1.75 bits per heavy atom. The second-order valence-electron chi connectivity index (χ2n) is 8.26. The lowest BCUT2D eigenvalue weighted by molar-refractivity contribution is 0.0956. The summed E-state index contributed by atoms with van der Waals surface area (Å²) < 4.78 is 21.7. The van der Waals surface area contributed by atoms with Crippen LogP contribution in [-0.4, -0.2) is 24.6 Å². The largest absolute Gasteiger partial charge is 0.588 e. The fourth-order valence-corrected chi connectivity index (χ4v) is 5.02. The molecule has 6 heteroatoms. The van der Waals surface area contributed by atoms with Crippen molar-refractivity contribution in [1.82, 2.24) is 4.72 Å². The number of nitrogens with zero attached hydrogens (tertiary/aromatic N) is 1. The van der Waals surface area contributed by atoms with Gasteiger partial charge in [0, 0.05) is 36.3 Å². The van der Waals surface area contributed by atoms with Gasteiger partial charge < -0.3 is 13.9 Å². The maximum absolute atomic E-state index is 13.1. The molecule has 0 saturated heterocycles. The quantitative estimate of drug-likeness (QED) is 0.399. The van der Waals surface area contributed by atoms with E-state index in [1.807, 2.05) is 68.7 Å². The van der Waals surface area contributed by atoms with E-state index < -0.39 is 17.3 Å². The first-order valence-corrected chi connectivity index (χ1v) is 11.8. The van der Waals surface area contributed by atoms with E-state index >= 15 is 0 Å². The van der Waals surface area contributed by atoms with Crippen LogP contribution in [0.1, 0.15) is 34.9 Å². The summed E-state index contributed by atoms with van der Waals surface area (Å²) in [5.41, 5.74) is 4.78. The molecule has 1 unspecified atom stereocenters. The number of fused-ring (bicyclic) bond motifs is 1. The first-order chi connectivity index (χ1) is 15.5. The maximum Gasteiger partial charge on any atom is 0.328 e. The zero-order valence-electron chi connectivity index (χ0n) is 18.0. The molecule has 1 heterocycles. The summed E-state index contributed by atoms with van der Waals surface area (Å²) in [4.78, 5) is 15.6. The van der Waals surface area contributed by atoms with E-state index in [0.717, 1.165) is 46.2 Å². The van der Waals surface area contributed by atoms with Crippen molar-refractivity contribution in [2.45, 2.75) is 23.7 Å². The molecule has 5 nitrogen and oxygen atoms in total. The summed E-state index contributed by atoms with van der Waals surface area (Å²) >= 11 is -1.73. The minimum atomic E-state index is -1.73. The lowest BCUT2D eigenvalue weighted by Gasteiger charge is -2.17. The van der Waals surface area contributed by atoms with Gasteiger partial charge >= 0.3 is 5.91 Å². The number of amides is 1. The first-order valence-electron chi connectivity index (χ1n) is 10.6. The van der Waals surface area contributed by atoms with Gasteiger partial charge in [0.2, 0.25) is 0 Å². The van der Waals surface area contributed by atoms with Crippen molar-refractivity contribution >= 4 is 33.9 Å². The third-order valence-corrected chi connectivity index (χ3v) is 6.88. The molecule has 1 aromatic heterocycles. The van der Waals surface area contributed by atoms with Crippen LogP contribution in [0.5, 0.6) is 0 Å². The molecule has 0 spiro atoms. The number of anilines is 1. The monoisotopic (exact) mass is 444 g/mol. The average molecular weight is 445 g/mol. The number of hydrogen-bond acceptors (Lipinski definition) is 4. The molecule has 3 aromatic carbocycles. The molecule has 1 aliphatic carbocycles. The minimum Gasteiger partial charge on any atom is -0.588 e. The molecule has 1 atom stereocenters. The topological polar surface area (TPSA) is 68.5 Å².